The molecule has 1 saturated heterocycles. The minimum Gasteiger partial charge on any atom is -0.350 e. The fourth-order valence-electron chi connectivity index (χ4n) is 2.58. The van der Waals surface area contributed by atoms with Crippen molar-refractivity contribution >= 4 is 5.91 Å². The fraction of sp³-hybridized carbons (Fsp3) is 0.533. The Kier molecular flexibility index (Phi) is 4.37. The van der Waals surface area contributed by atoms with Crippen molar-refractivity contribution in [3.63, 3.8) is 0 Å². The molecule has 3 nitrogen and oxygen atoms in total. The molecule has 1 aromatic rings. The second-order valence-corrected chi connectivity index (χ2v) is 5.12. The number of aryl methyl sites for hydroxylation is 2. The van der Waals surface area contributed by atoms with Crippen molar-refractivity contribution < 1.29 is 4.79 Å². The van der Waals surface area contributed by atoms with E-state index in [4.69, 9.17) is 0 Å². The fourth-order valence-corrected chi connectivity index (χ4v) is 2.58. The highest BCUT2D eigenvalue weighted by Gasteiger charge is 2.15. The third-order valence-electron chi connectivity index (χ3n) is 3.63. The average Bonchev–Trinajstić information content (AvgIpc) is 2.37. The summed E-state index contributed by atoms with van der Waals surface area (Å²) < 4.78 is 0. The Morgan fingerprint density at radius 2 is 2.06 bits per heavy atom. The molecule has 1 aromatic carbocycles. The third kappa shape index (κ3) is 3.10. The van der Waals surface area contributed by atoms with Gasteiger partial charge in [0.25, 0.3) is 5.91 Å². The van der Waals surface area contributed by atoms with Gasteiger partial charge in [0.05, 0.1) is 0 Å². The van der Waals surface area contributed by atoms with E-state index in [1.54, 1.807) is 0 Å². The average molecular weight is 246 g/mol. The van der Waals surface area contributed by atoms with E-state index in [9.17, 15) is 4.79 Å². The van der Waals surface area contributed by atoms with Gasteiger partial charge in [-0.25, -0.2) is 0 Å². The highest BCUT2D eigenvalue weighted by atomic mass is 16.1. The summed E-state index contributed by atoms with van der Waals surface area (Å²) in [4.78, 5) is 12.2. The predicted molar refractivity (Wildman–Crippen MR) is 73.9 cm³/mol. The molecule has 0 radical (unpaired) electrons. The van der Waals surface area contributed by atoms with E-state index in [1.807, 2.05) is 32.0 Å². The van der Waals surface area contributed by atoms with Crippen molar-refractivity contribution in [2.24, 2.45) is 0 Å². The zero-order valence-corrected chi connectivity index (χ0v) is 11.3. The maximum atomic E-state index is 12.2. The third-order valence-corrected chi connectivity index (χ3v) is 3.63. The number of nitrogens with one attached hydrogen (secondary N) is 2. The van der Waals surface area contributed by atoms with Crippen LogP contribution in [0.25, 0.3) is 0 Å². The minimum absolute atomic E-state index is 0.0537. The molecule has 3 heteroatoms. The standard InChI is InChI=1S/C15H22N2O/c1-11-6-5-7-12(2)14(11)15(18)17-10-13-8-3-4-9-16-13/h5-7,13,16H,3-4,8-10H2,1-2H3,(H,17,18). The molecule has 0 saturated carbocycles. The Bertz CT molecular complexity index is 402. The molecule has 1 amide bonds. The highest BCUT2D eigenvalue weighted by Crippen LogP contribution is 2.13. The molecule has 0 aromatic heterocycles. The lowest BCUT2D eigenvalue weighted by atomic mass is 10.0. The molecule has 2 N–H and O–H groups in total. The molecule has 1 aliphatic heterocycles. The summed E-state index contributed by atoms with van der Waals surface area (Å²) in [5.74, 6) is 0.0537. The number of hydrogen-bond donors (Lipinski definition) is 2. The van der Waals surface area contributed by atoms with Crippen LogP contribution in [0, 0.1) is 13.8 Å². The smallest absolute Gasteiger partial charge is 0.251 e. The van der Waals surface area contributed by atoms with Gasteiger partial charge in [-0.15, -0.1) is 0 Å². The molecule has 1 aliphatic rings. The minimum atomic E-state index is 0.0537. The maximum absolute atomic E-state index is 12.2. The number of benzene rings is 1. The monoisotopic (exact) mass is 246 g/mol. The normalized spacial score (nSPS) is 19.6. The van der Waals surface area contributed by atoms with Crippen LogP contribution in [0.3, 0.4) is 0 Å². The second-order valence-electron chi connectivity index (χ2n) is 5.12. The largest absolute Gasteiger partial charge is 0.350 e. The maximum Gasteiger partial charge on any atom is 0.251 e. The number of carbonyl (C=O) groups is 1. The molecule has 1 fully saturated rings. The zero-order valence-electron chi connectivity index (χ0n) is 11.3. The molecule has 1 unspecified atom stereocenters. The molecule has 1 atom stereocenters. The molecule has 2 rings (SSSR count). The van der Waals surface area contributed by atoms with Crippen molar-refractivity contribution in [3.05, 3.63) is 34.9 Å². The van der Waals surface area contributed by atoms with E-state index in [-0.39, 0.29) is 5.91 Å². The first-order chi connectivity index (χ1) is 8.68. The van der Waals surface area contributed by atoms with Crippen LogP contribution in [0.15, 0.2) is 18.2 Å². The van der Waals surface area contributed by atoms with Crippen LogP contribution in [-0.2, 0) is 0 Å². The Morgan fingerprint density at radius 1 is 1.33 bits per heavy atom. The first-order valence-electron chi connectivity index (χ1n) is 6.76. The van der Waals surface area contributed by atoms with Crippen molar-refractivity contribution in [2.75, 3.05) is 13.1 Å². The van der Waals surface area contributed by atoms with Crippen LogP contribution in [0.4, 0.5) is 0 Å². The molecule has 98 valence electrons. The Morgan fingerprint density at radius 3 is 2.67 bits per heavy atom. The van der Waals surface area contributed by atoms with Gasteiger partial charge in [0.15, 0.2) is 0 Å². The SMILES string of the molecule is Cc1cccc(C)c1C(=O)NCC1CCCCN1. The predicted octanol–water partition coefficient (Wildman–Crippen LogP) is 2.18. The number of hydrogen-bond acceptors (Lipinski definition) is 2. The van der Waals surface area contributed by atoms with E-state index < -0.39 is 0 Å². The topological polar surface area (TPSA) is 41.1 Å². The highest BCUT2D eigenvalue weighted by molar-refractivity contribution is 5.97. The van der Waals surface area contributed by atoms with Gasteiger partial charge >= 0.3 is 0 Å². The second kappa shape index (κ2) is 6.01. The van der Waals surface area contributed by atoms with Crippen LogP contribution in [0.1, 0.15) is 40.7 Å². The molecular weight excluding hydrogens is 224 g/mol. The van der Waals surface area contributed by atoms with Crippen molar-refractivity contribution in [3.8, 4) is 0 Å². The summed E-state index contributed by atoms with van der Waals surface area (Å²) in [5.41, 5.74) is 2.92. The summed E-state index contributed by atoms with van der Waals surface area (Å²) in [7, 11) is 0. The van der Waals surface area contributed by atoms with Gasteiger partial charge in [0.2, 0.25) is 0 Å². The van der Waals surface area contributed by atoms with Crippen molar-refractivity contribution in [1.82, 2.24) is 10.6 Å². The number of piperidine rings is 1. The van der Waals surface area contributed by atoms with Gasteiger partial charge in [0.1, 0.15) is 0 Å². The van der Waals surface area contributed by atoms with Crippen LogP contribution >= 0.6 is 0 Å². The lowest BCUT2D eigenvalue weighted by Gasteiger charge is -2.23. The molecule has 1 heterocycles. The van der Waals surface area contributed by atoms with Gasteiger partial charge < -0.3 is 10.6 Å². The number of carbonyl (C=O) groups excluding carboxylic acids is 1. The Hall–Kier alpha value is -1.35. The summed E-state index contributed by atoms with van der Waals surface area (Å²) in [6.45, 7) is 5.78. The van der Waals surface area contributed by atoms with Gasteiger partial charge in [0, 0.05) is 18.2 Å². The number of rotatable bonds is 3. The van der Waals surface area contributed by atoms with Crippen LogP contribution in [0.5, 0.6) is 0 Å². The van der Waals surface area contributed by atoms with Crippen molar-refractivity contribution in [1.29, 1.82) is 0 Å². The summed E-state index contributed by atoms with van der Waals surface area (Å²) in [5, 5.41) is 6.49. The van der Waals surface area contributed by atoms with Crippen LogP contribution < -0.4 is 10.6 Å². The molecule has 0 aliphatic carbocycles. The van der Waals surface area contributed by atoms with Gasteiger partial charge in [-0.3, -0.25) is 4.79 Å². The molecule has 0 bridgehead atoms. The molecule has 0 spiro atoms. The first kappa shape index (κ1) is 13.1. The van der Waals surface area contributed by atoms with E-state index in [2.05, 4.69) is 10.6 Å². The van der Waals surface area contributed by atoms with E-state index in [0.29, 0.717) is 6.04 Å². The Balaban J connectivity index is 1.95. The van der Waals surface area contributed by atoms with Crippen molar-refractivity contribution in [2.45, 2.75) is 39.2 Å². The molecular formula is C15H22N2O. The molecule has 18 heavy (non-hydrogen) atoms. The first-order valence-corrected chi connectivity index (χ1v) is 6.76. The van der Waals surface area contributed by atoms with Crippen LogP contribution in [-0.4, -0.2) is 25.0 Å². The number of amides is 1. The summed E-state index contributed by atoms with van der Waals surface area (Å²) in [6, 6.07) is 6.40. The lowest BCUT2D eigenvalue weighted by Crippen LogP contribution is -2.43. The van der Waals surface area contributed by atoms with Crippen LogP contribution in [0.2, 0.25) is 0 Å². The van der Waals surface area contributed by atoms with E-state index in [0.717, 1.165) is 36.2 Å². The van der Waals surface area contributed by atoms with Gasteiger partial charge in [-0.1, -0.05) is 24.6 Å². The van der Waals surface area contributed by atoms with Gasteiger partial charge in [-0.05, 0) is 44.4 Å². The quantitative estimate of drug-likeness (QED) is 0.858. The summed E-state index contributed by atoms with van der Waals surface area (Å²) in [6.07, 6.45) is 3.67. The summed E-state index contributed by atoms with van der Waals surface area (Å²) >= 11 is 0. The van der Waals surface area contributed by atoms with E-state index in [1.165, 1.54) is 12.8 Å². The van der Waals surface area contributed by atoms with E-state index >= 15 is 0 Å². The zero-order chi connectivity index (χ0) is 13.0. The lowest BCUT2D eigenvalue weighted by molar-refractivity contribution is 0.0946. The van der Waals surface area contributed by atoms with Gasteiger partial charge in [-0.2, -0.15) is 0 Å². The Labute approximate surface area is 109 Å².